The van der Waals surface area contributed by atoms with Crippen LogP contribution in [0.15, 0.2) is 72.2 Å². The van der Waals surface area contributed by atoms with Crippen molar-refractivity contribution in [1.29, 1.82) is 0 Å². The molecule has 5 heteroatoms. The topological polar surface area (TPSA) is 34.6 Å². The number of thiazole rings is 1. The van der Waals surface area contributed by atoms with Gasteiger partial charge >= 0.3 is 0 Å². The molecule has 0 aliphatic carbocycles. The molecule has 1 aromatic heterocycles. The zero-order valence-electron chi connectivity index (χ0n) is 14.5. The maximum absolute atomic E-state index is 6.31. The average Bonchev–Trinajstić information content (AvgIpc) is 3.19. The molecular weight excluding hydrogens is 344 g/mol. The summed E-state index contributed by atoms with van der Waals surface area (Å²) in [5.41, 5.74) is 0. The van der Waals surface area contributed by atoms with Gasteiger partial charge in [-0.3, -0.25) is 4.90 Å². The summed E-state index contributed by atoms with van der Waals surface area (Å²) >= 11 is 1.69. The van der Waals surface area contributed by atoms with Crippen LogP contribution in [0, 0.1) is 0 Å². The summed E-state index contributed by atoms with van der Waals surface area (Å²) in [4.78, 5) is 6.79. The van der Waals surface area contributed by atoms with Crippen molar-refractivity contribution in [1.82, 2.24) is 9.88 Å². The Morgan fingerprint density at radius 1 is 0.962 bits per heavy atom. The lowest BCUT2D eigenvalue weighted by Gasteiger charge is -2.38. The second kappa shape index (κ2) is 8.34. The minimum Gasteiger partial charge on any atom is -0.490 e. The van der Waals surface area contributed by atoms with E-state index in [1.54, 1.807) is 11.3 Å². The first-order valence-electron chi connectivity index (χ1n) is 8.92. The summed E-state index contributed by atoms with van der Waals surface area (Å²) in [6.45, 7) is 1.74. The van der Waals surface area contributed by atoms with E-state index in [4.69, 9.17) is 9.47 Å². The quantitative estimate of drug-likeness (QED) is 0.639. The average molecular weight is 366 g/mol. The molecule has 1 fully saturated rings. The first kappa shape index (κ1) is 17.1. The highest BCUT2D eigenvalue weighted by atomic mass is 32.1. The number of rotatable bonds is 6. The molecule has 0 saturated carbocycles. The van der Waals surface area contributed by atoms with Gasteiger partial charge < -0.3 is 9.47 Å². The third-order valence-electron chi connectivity index (χ3n) is 4.49. The number of likely N-dealkylation sites (tertiary alicyclic amines) is 1. The molecule has 0 bridgehead atoms. The molecule has 1 saturated heterocycles. The molecule has 3 aromatic rings. The third-order valence-corrected chi connectivity index (χ3v) is 5.26. The monoisotopic (exact) mass is 366 g/mol. The van der Waals surface area contributed by atoms with Crippen molar-refractivity contribution >= 4 is 11.3 Å². The van der Waals surface area contributed by atoms with E-state index >= 15 is 0 Å². The van der Waals surface area contributed by atoms with Crippen LogP contribution in [0.2, 0.25) is 0 Å². The van der Waals surface area contributed by atoms with Gasteiger partial charge in [0, 0.05) is 24.5 Å². The lowest BCUT2D eigenvalue weighted by atomic mass is 10.1. The zero-order valence-corrected chi connectivity index (χ0v) is 15.3. The fourth-order valence-electron chi connectivity index (χ4n) is 3.21. The number of aromatic nitrogens is 1. The van der Waals surface area contributed by atoms with E-state index in [1.807, 2.05) is 72.2 Å². The van der Waals surface area contributed by atoms with E-state index < -0.39 is 0 Å². The molecule has 2 aromatic carbocycles. The second-order valence-electron chi connectivity index (χ2n) is 6.36. The lowest BCUT2D eigenvalue weighted by molar-refractivity contribution is -0.0491. The molecular formula is C21H22N2O2S. The SMILES string of the molecule is c1ccc(OC2CCN(Cc3nccs3)C(Oc3ccccc3)C2)cc1. The molecule has 0 radical (unpaired) electrons. The van der Waals surface area contributed by atoms with Crippen LogP contribution < -0.4 is 9.47 Å². The lowest BCUT2D eigenvalue weighted by Crippen LogP contribution is -2.48. The Bertz CT molecular complexity index is 780. The summed E-state index contributed by atoms with van der Waals surface area (Å²) in [5.74, 6) is 1.81. The predicted octanol–water partition coefficient (Wildman–Crippen LogP) is 4.59. The highest BCUT2D eigenvalue weighted by molar-refractivity contribution is 7.09. The fourth-order valence-corrected chi connectivity index (χ4v) is 3.85. The Balaban J connectivity index is 1.46. The van der Waals surface area contributed by atoms with Crippen molar-refractivity contribution in [2.75, 3.05) is 6.54 Å². The van der Waals surface area contributed by atoms with Crippen LogP contribution in [0.4, 0.5) is 0 Å². The second-order valence-corrected chi connectivity index (χ2v) is 7.34. The highest BCUT2D eigenvalue weighted by Gasteiger charge is 2.31. The van der Waals surface area contributed by atoms with Gasteiger partial charge in [0.1, 0.15) is 22.6 Å². The molecule has 0 spiro atoms. The van der Waals surface area contributed by atoms with Gasteiger partial charge in [-0.15, -0.1) is 11.3 Å². The van der Waals surface area contributed by atoms with Crippen molar-refractivity contribution in [3.8, 4) is 11.5 Å². The molecule has 2 atom stereocenters. The molecule has 0 amide bonds. The third kappa shape index (κ3) is 4.42. The van der Waals surface area contributed by atoms with Crippen LogP contribution in [0.5, 0.6) is 11.5 Å². The number of para-hydroxylation sites is 2. The Morgan fingerprint density at radius 2 is 1.65 bits per heavy atom. The van der Waals surface area contributed by atoms with Crippen LogP contribution in [-0.2, 0) is 6.54 Å². The Labute approximate surface area is 158 Å². The van der Waals surface area contributed by atoms with Crippen molar-refractivity contribution < 1.29 is 9.47 Å². The van der Waals surface area contributed by atoms with Gasteiger partial charge in [0.15, 0.2) is 6.23 Å². The summed E-state index contributed by atoms with van der Waals surface area (Å²) in [7, 11) is 0. The maximum atomic E-state index is 6.31. The first-order valence-corrected chi connectivity index (χ1v) is 9.80. The van der Waals surface area contributed by atoms with Gasteiger partial charge in [0.05, 0.1) is 6.54 Å². The van der Waals surface area contributed by atoms with Crippen LogP contribution in [0.1, 0.15) is 17.8 Å². The van der Waals surface area contributed by atoms with E-state index in [0.29, 0.717) is 0 Å². The Kier molecular flexibility index (Phi) is 5.47. The van der Waals surface area contributed by atoms with Gasteiger partial charge in [0.2, 0.25) is 0 Å². The molecule has 4 rings (SSSR count). The number of hydrogen-bond donors (Lipinski definition) is 0. The van der Waals surface area contributed by atoms with E-state index in [-0.39, 0.29) is 12.3 Å². The number of benzene rings is 2. The summed E-state index contributed by atoms with van der Waals surface area (Å²) in [5, 5.41) is 3.14. The molecule has 26 heavy (non-hydrogen) atoms. The number of ether oxygens (including phenoxy) is 2. The summed E-state index contributed by atoms with van der Waals surface area (Å²) in [6, 6.07) is 20.0. The van der Waals surface area contributed by atoms with Crippen LogP contribution in [0.3, 0.4) is 0 Å². The minimum absolute atomic E-state index is 0.0243. The smallest absolute Gasteiger partial charge is 0.156 e. The molecule has 2 unspecified atom stereocenters. The number of nitrogens with zero attached hydrogens (tertiary/aromatic N) is 2. The Hall–Kier alpha value is -2.37. The van der Waals surface area contributed by atoms with E-state index in [9.17, 15) is 0 Å². The van der Waals surface area contributed by atoms with E-state index in [1.165, 1.54) is 0 Å². The molecule has 2 heterocycles. The number of piperidine rings is 1. The van der Waals surface area contributed by atoms with Gasteiger partial charge in [-0.25, -0.2) is 4.98 Å². The fraction of sp³-hybridized carbons (Fsp3) is 0.286. The van der Waals surface area contributed by atoms with Gasteiger partial charge in [0.25, 0.3) is 0 Å². The molecule has 0 N–H and O–H groups in total. The van der Waals surface area contributed by atoms with Gasteiger partial charge in [-0.2, -0.15) is 0 Å². The van der Waals surface area contributed by atoms with Crippen LogP contribution in [-0.4, -0.2) is 28.8 Å². The number of hydrogen-bond acceptors (Lipinski definition) is 5. The van der Waals surface area contributed by atoms with Crippen molar-refractivity contribution in [3.05, 3.63) is 77.2 Å². The molecule has 134 valence electrons. The van der Waals surface area contributed by atoms with E-state index in [2.05, 4.69) is 9.88 Å². The maximum Gasteiger partial charge on any atom is 0.156 e. The van der Waals surface area contributed by atoms with Crippen LogP contribution >= 0.6 is 11.3 Å². The first-order chi connectivity index (χ1) is 12.9. The largest absolute Gasteiger partial charge is 0.490 e. The van der Waals surface area contributed by atoms with Crippen LogP contribution in [0.25, 0.3) is 0 Å². The minimum atomic E-state index is -0.0243. The standard InChI is InChI=1S/C21H22N2O2S/c1-3-7-17(8-4-1)24-19-11-13-23(16-20-22-12-14-26-20)21(15-19)25-18-9-5-2-6-10-18/h1-10,12,14,19,21H,11,13,15-16H2. The predicted molar refractivity (Wildman–Crippen MR) is 103 cm³/mol. The van der Waals surface area contributed by atoms with Crippen molar-refractivity contribution in [2.45, 2.75) is 31.7 Å². The van der Waals surface area contributed by atoms with Crippen molar-refractivity contribution in [3.63, 3.8) is 0 Å². The molecule has 1 aliphatic heterocycles. The van der Waals surface area contributed by atoms with Gasteiger partial charge in [-0.1, -0.05) is 36.4 Å². The molecule has 4 nitrogen and oxygen atoms in total. The summed E-state index contributed by atoms with van der Waals surface area (Å²) in [6.07, 6.45) is 3.80. The Morgan fingerprint density at radius 3 is 2.31 bits per heavy atom. The van der Waals surface area contributed by atoms with Crippen molar-refractivity contribution in [2.24, 2.45) is 0 Å². The normalized spacial score (nSPS) is 20.6. The summed E-state index contributed by atoms with van der Waals surface area (Å²) < 4.78 is 12.5. The zero-order chi connectivity index (χ0) is 17.6. The molecule has 1 aliphatic rings. The van der Waals surface area contributed by atoms with Gasteiger partial charge in [-0.05, 0) is 30.7 Å². The highest BCUT2D eigenvalue weighted by Crippen LogP contribution is 2.26. The van der Waals surface area contributed by atoms with E-state index in [0.717, 1.165) is 42.4 Å².